The topological polar surface area (TPSA) is 39.7 Å². The highest BCUT2D eigenvalue weighted by atomic mass is 35.5. The maximum absolute atomic E-state index is 6.20. The molecule has 0 bridgehead atoms. The van der Waals surface area contributed by atoms with Crippen molar-refractivity contribution in [2.24, 2.45) is 0 Å². The van der Waals surface area contributed by atoms with Crippen LogP contribution in [0.3, 0.4) is 0 Å². The Balaban J connectivity index is 2.05. The van der Waals surface area contributed by atoms with Crippen LogP contribution < -0.4 is 14.8 Å². The summed E-state index contributed by atoms with van der Waals surface area (Å²) in [6.45, 7) is 0.708. The predicted octanol–water partition coefficient (Wildman–Crippen LogP) is 3.46. The molecule has 1 aromatic rings. The molecular weight excluding hydrogens is 266 g/mol. The number of rotatable bonds is 5. The fraction of sp³-hybridized carbons (Fsp3) is 0.429. The van der Waals surface area contributed by atoms with Gasteiger partial charge in [0, 0.05) is 12.1 Å². The second-order valence-corrected chi connectivity index (χ2v) is 4.68. The van der Waals surface area contributed by atoms with Crippen molar-refractivity contribution in [3.05, 3.63) is 29.5 Å². The highest BCUT2D eigenvalue weighted by Crippen LogP contribution is 2.36. The fourth-order valence-corrected chi connectivity index (χ4v) is 2.17. The Morgan fingerprint density at radius 1 is 1.32 bits per heavy atom. The lowest BCUT2D eigenvalue weighted by Crippen LogP contribution is -2.23. The lowest BCUT2D eigenvalue weighted by molar-refractivity contribution is 0.135. The van der Waals surface area contributed by atoms with Crippen LogP contribution >= 0.6 is 11.6 Å². The number of allylic oxidation sites excluding steroid dienone is 1. The second-order valence-electron chi connectivity index (χ2n) is 4.28. The van der Waals surface area contributed by atoms with Crippen LogP contribution in [0.15, 0.2) is 24.5 Å². The first-order valence-electron chi connectivity index (χ1n) is 6.20. The van der Waals surface area contributed by atoms with Crippen LogP contribution in [0.1, 0.15) is 12.8 Å². The number of benzene rings is 1. The van der Waals surface area contributed by atoms with Crippen molar-refractivity contribution in [1.29, 1.82) is 0 Å². The molecule has 1 aliphatic rings. The monoisotopic (exact) mass is 283 g/mol. The van der Waals surface area contributed by atoms with Crippen LogP contribution in [0.2, 0.25) is 5.02 Å². The van der Waals surface area contributed by atoms with Crippen LogP contribution in [0.5, 0.6) is 11.5 Å². The molecule has 5 heteroatoms. The van der Waals surface area contributed by atoms with Gasteiger partial charge in [0.1, 0.15) is 6.10 Å². The van der Waals surface area contributed by atoms with Crippen molar-refractivity contribution in [3.63, 3.8) is 0 Å². The van der Waals surface area contributed by atoms with Crippen molar-refractivity contribution >= 4 is 17.3 Å². The third-order valence-electron chi connectivity index (χ3n) is 3.02. The van der Waals surface area contributed by atoms with Crippen molar-refractivity contribution in [2.75, 3.05) is 26.1 Å². The standard InChI is InChI=1S/C14H18ClNO3/c1-17-13-7-11(15)12(8-14(13)18-2)16-9-10-5-3-4-6-19-10/h4,6-8,10,16H,3,5,9H2,1-2H3. The maximum Gasteiger partial charge on any atom is 0.162 e. The molecule has 0 amide bonds. The molecule has 1 N–H and O–H groups in total. The van der Waals surface area contributed by atoms with Crippen molar-refractivity contribution < 1.29 is 14.2 Å². The maximum atomic E-state index is 6.20. The van der Waals surface area contributed by atoms with E-state index in [1.807, 2.05) is 12.1 Å². The fourth-order valence-electron chi connectivity index (χ4n) is 1.95. The smallest absolute Gasteiger partial charge is 0.162 e. The van der Waals surface area contributed by atoms with E-state index in [9.17, 15) is 0 Å². The molecule has 2 rings (SSSR count). The van der Waals surface area contributed by atoms with E-state index < -0.39 is 0 Å². The number of ether oxygens (including phenoxy) is 3. The van der Waals surface area contributed by atoms with E-state index in [0.717, 1.165) is 18.5 Å². The first-order chi connectivity index (χ1) is 9.24. The molecule has 0 spiro atoms. The zero-order valence-corrected chi connectivity index (χ0v) is 11.9. The quantitative estimate of drug-likeness (QED) is 0.898. The summed E-state index contributed by atoms with van der Waals surface area (Å²) >= 11 is 6.20. The third-order valence-corrected chi connectivity index (χ3v) is 3.33. The van der Waals surface area contributed by atoms with E-state index in [1.54, 1.807) is 26.5 Å². The molecule has 19 heavy (non-hydrogen) atoms. The van der Waals surface area contributed by atoms with Gasteiger partial charge in [-0.05, 0) is 18.9 Å². The summed E-state index contributed by atoms with van der Waals surface area (Å²) in [6, 6.07) is 3.57. The Kier molecular flexibility index (Phi) is 4.80. The number of anilines is 1. The number of halogens is 1. The minimum absolute atomic E-state index is 0.175. The molecule has 104 valence electrons. The number of methoxy groups -OCH3 is 2. The van der Waals surface area contributed by atoms with Gasteiger partial charge in [0.15, 0.2) is 11.5 Å². The Labute approximate surface area is 118 Å². The average molecular weight is 284 g/mol. The van der Waals surface area contributed by atoms with Gasteiger partial charge in [-0.3, -0.25) is 0 Å². The molecule has 1 atom stereocenters. The molecule has 0 radical (unpaired) electrons. The molecule has 1 heterocycles. The van der Waals surface area contributed by atoms with Crippen LogP contribution in [0.25, 0.3) is 0 Å². The average Bonchev–Trinajstić information content (AvgIpc) is 2.46. The zero-order chi connectivity index (χ0) is 13.7. The molecule has 0 fully saturated rings. The molecule has 1 aromatic carbocycles. The van der Waals surface area contributed by atoms with Gasteiger partial charge in [-0.2, -0.15) is 0 Å². The SMILES string of the molecule is COc1cc(Cl)c(NCC2CCC=CO2)cc1OC. The summed E-state index contributed by atoms with van der Waals surface area (Å²) in [6.07, 6.45) is 6.01. The molecule has 0 saturated carbocycles. The zero-order valence-electron chi connectivity index (χ0n) is 11.1. The van der Waals surface area contributed by atoms with Crippen molar-refractivity contribution in [3.8, 4) is 11.5 Å². The van der Waals surface area contributed by atoms with E-state index in [4.69, 9.17) is 25.8 Å². The lowest BCUT2D eigenvalue weighted by Gasteiger charge is -2.21. The normalized spacial score (nSPS) is 17.7. The van der Waals surface area contributed by atoms with Crippen LogP contribution in [0.4, 0.5) is 5.69 Å². The minimum atomic E-state index is 0.175. The second kappa shape index (κ2) is 6.57. The summed E-state index contributed by atoms with van der Waals surface area (Å²) in [5.74, 6) is 1.27. The molecule has 1 aliphatic heterocycles. The minimum Gasteiger partial charge on any atom is -0.497 e. The van der Waals surface area contributed by atoms with Gasteiger partial charge in [-0.25, -0.2) is 0 Å². The Morgan fingerprint density at radius 2 is 2.05 bits per heavy atom. The van der Waals surface area contributed by atoms with Gasteiger partial charge >= 0.3 is 0 Å². The predicted molar refractivity (Wildman–Crippen MR) is 76.3 cm³/mol. The van der Waals surface area contributed by atoms with E-state index in [2.05, 4.69) is 5.32 Å². The van der Waals surface area contributed by atoms with Crippen LogP contribution in [-0.2, 0) is 4.74 Å². The lowest BCUT2D eigenvalue weighted by atomic mass is 10.1. The highest BCUT2D eigenvalue weighted by molar-refractivity contribution is 6.33. The van der Waals surface area contributed by atoms with Gasteiger partial charge in [0.05, 0.1) is 37.7 Å². The molecule has 0 aromatic heterocycles. The Hall–Kier alpha value is -1.55. The molecule has 0 saturated heterocycles. The number of hydrogen-bond acceptors (Lipinski definition) is 4. The van der Waals surface area contributed by atoms with Gasteiger partial charge in [-0.1, -0.05) is 11.6 Å². The van der Waals surface area contributed by atoms with Gasteiger partial charge in [-0.15, -0.1) is 0 Å². The number of hydrogen-bond donors (Lipinski definition) is 1. The van der Waals surface area contributed by atoms with E-state index >= 15 is 0 Å². The summed E-state index contributed by atoms with van der Waals surface area (Å²) < 4.78 is 16.0. The summed E-state index contributed by atoms with van der Waals surface area (Å²) in [5.41, 5.74) is 0.817. The number of nitrogens with one attached hydrogen (secondary N) is 1. The van der Waals surface area contributed by atoms with Crippen LogP contribution in [0, 0.1) is 0 Å². The van der Waals surface area contributed by atoms with E-state index in [0.29, 0.717) is 23.1 Å². The summed E-state index contributed by atoms with van der Waals surface area (Å²) in [4.78, 5) is 0. The van der Waals surface area contributed by atoms with Crippen molar-refractivity contribution in [1.82, 2.24) is 0 Å². The molecule has 1 unspecified atom stereocenters. The summed E-state index contributed by atoms with van der Waals surface area (Å²) in [5, 5.41) is 3.88. The third kappa shape index (κ3) is 3.47. The largest absolute Gasteiger partial charge is 0.497 e. The van der Waals surface area contributed by atoms with Gasteiger partial charge in [0.25, 0.3) is 0 Å². The van der Waals surface area contributed by atoms with Crippen molar-refractivity contribution in [2.45, 2.75) is 18.9 Å². The Bertz CT molecular complexity index is 462. The first kappa shape index (κ1) is 13.9. The molecule has 0 aliphatic carbocycles. The highest BCUT2D eigenvalue weighted by Gasteiger charge is 2.13. The first-order valence-corrected chi connectivity index (χ1v) is 6.58. The van der Waals surface area contributed by atoms with E-state index in [1.165, 1.54) is 0 Å². The molecular formula is C14H18ClNO3. The van der Waals surface area contributed by atoms with E-state index in [-0.39, 0.29) is 6.10 Å². The van der Waals surface area contributed by atoms with Gasteiger partial charge in [0.2, 0.25) is 0 Å². The Morgan fingerprint density at radius 3 is 2.68 bits per heavy atom. The van der Waals surface area contributed by atoms with Crippen LogP contribution in [-0.4, -0.2) is 26.9 Å². The summed E-state index contributed by atoms with van der Waals surface area (Å²) in [7, 11) is 3.19. The molecule has 4 nitrogen and oxygen atoms in total. The van der Waals surface area contributed by atoms with Gasteiger partial charge < -0.3 is 19.5 Å².